The highest BCUT2D eigenvalue weighted by Gasteiger charge is 2.24. The summed E-state index contributed by atoms with van der Waals surface area (Å²) in [7, 11) is 0. The average molecular weight is 340 g/mol. The van der Waals surface area contributed by atoms with Crippen molar-refractivity contribution in [1.29, 1.82) is 0 Å². The highest BCUT2D eigenvalue weighted by atomic mass is 16.7. The molecule has 0 saturated heterocycles. The Labute approximate surface area is 136 Å². The standard InChI is InChI=1S/C12H16N6O6/c1-3-17(11(21)9(19)7-15-13)23-5-6-24-18(4-2)12(22)10(20)8-16-14/h7-8H,3-6H2,1-2H3. The summed E-state index contributed by atoms with van der Waals surface area (Å²) in [5.74, 6) is -4.26. The minimum absolute atomic E-state index is 0.0334. The van der Waals surface area contributed by atoms with Gasteiger partial charge < -0.3 is 11.1 Å². The molecule has 12 nitrogen and oxygen atoms in total. The summed E-state index contributed by atoms with van der Waals surface area (Å²) >= 11 is 0. The van der Waals surface area contributed by atoms with Crippen molar-refractivity contribution in [2.45, 2.75) is 13.8 Å². The minimum atomic E-state index is -1.08. The molecule has 0 aromatic carbocycles. The van der Waals surface area contributed by atoms with E-state index in [4.69, 9.17) is 20.7 Å². The minimum Gasteiger partial charge on any atom is -0.361 e. The zero-order valence-electron chi connectivity index (χ0n) is 13.1. The van der Waals surface area contributed by atoms with Crippen molar-refractivity contribution < 1.29 is 38.4 Å². The molecule has 0 aromatic rings. The van der Waals surface area contributed by atoms with E-state index in [0.29, 0.717) is 12.4 Å². The number of nitrogens with zero attached hydrogens (tertiary/aromatic N) is 6. The van der Waals surface area contributed by atoms with Gasteiger partial charge in [0.1, 0.15) is 13.2 Å². The smallest absolute Gasteiger partial charge is 0.333 e. The van der Waals surface area contributed by atoms with Crippen molar-refractivity contribution >= 4 is 35.8 Å². The fourth-order valence-corrected chi connectivity index (χ4v) is 1.34. The molecule has 0 N–H and O–H groups in total. The van der Waals surface area contributed by atoms with Gasteiger partial charge in [0.2, 0.25) is 0 Å². The molecule has 0 aliphatic carbocycles. The molecule has 0 aliphatic heterocycles. The quantitative estimate of drug-likeness (QED) is 0.108. The van der Waals surface area contributed by atoms with Crippen molar-refractivity contribution in [3.63, 3.8) is 0 Å². The fourth-order valence-electron chi connectivity index (χ4n) is 1.34. The number of amides is 2. The van der Waals surface area contributed by atoms with Gasteiger partial charge in [0.15, 0.2) is 0 Å². The second-order valence-electron chi connectivity index (χ2n) is 3.88. The third-order valence-electron chi connectivity index (χ3n) is 2.38. The fraction of sp³-hybridized carbons (Fsp3) is 0.500. The summed E-state index contributed by atoms with van der Waals surface area (Å²) in [6.07, 6.45) is 0.854. The molecule has 0 radical (unpaired) electrons. The van der Waals surface area contributed by atoms with Crippen LogP contribution in [0.1, 0.15) is 13.8 Å². The van der Waals surface area contributed by atoms with Crippen LogP contribution in [-0.2, 0) is 28.9 Å². The maximum Gasteiger partial charge on any atom is 0.333 e. The van der Waals surface area contributed by atoms with Crippen molar-refractivity contribution in [2.75, 3.05) is 26.3 Å². The van der Waals surface area contributed by atoms with Gasteiger partial charge in [0.25, 0.3) is 0 Å². The van der Waals surface area contributed by atoms with E-state index in [1.807, 2.05) is 0 Å². The van der Waals surface area contributed by atoms with Crippen molar-refractivity contribution in [1.82, 2.24) is 10.1 Å². The predicted molar refractivity (Wildman–Crippen MR) is 76.1 cm³/mol. The Morgan fingerprint density at radius 2 is 1.17 bits per heavy atom. The van der Waals surface area contributed by atoms with Crippen LogP contribution in [0.3, 0.4) is 0 Å². The molecule has 0 unspecified atom stereocenters. The Morgan fingerprint density at radius 3 is 1.42 bits per heavy atom. The molecule has 0 saturated carbocycles. The Hall–Kier alpha value is -3.04. The molecular formula is C12H16N6O6. The van der Waals surface area contributed by atoms with Gasteiger partial charge in [-0.15, -0.1) is 0 Å². The van der Waals surface area contributed by atoms with Gasteiger partial charge in [-0.1, -0.05) is 0 Å². The number of rotatable bonds is 11. The molecule has 0 atom stereocenters. The van der Waals surface area contributed by atoms with E-state index in [1.165, 1.54) is 13.8 Å². The van der Waals surface area contributed by atoms with E-state index in [0.717, 1.165) is 10.1 Å². The number of hydroxylamine groups is 4. The maximum atomic E-state index is 11.6. The van der Waals surface area contributed by atoms with E-state index in [-0.39, 0.29) is 26.3 Å². The van der Waals surface area contributed by atoms with Crippen LogP contribution in [0.25, 0.3) is 11.1 Å². The molecule has 0 heterocycles. The number of hydrogen-bond acceptors (Lipinski definition) is 6. The summed E-state index contributed by atoms with van der Waals surface area (Å²) in [6, 6.07) is 0. The number of carbonyl (C=O) groups is 4. The largest absolute Gasteiger partial charge is 0.361 e. The highest BCUT2D eigenvalue weighted by Crippen LogP contribution is 1.96. The third kappa shape index (κ3) is 6.81. The van der Waals surface area contributed by atoms with Crippen molar-refractivity contribution in [3.8, 4) is 0 Å². The highest BCUT2D eigenvalue weighted by molar-refractivity contribution is 6.57. The number of Topliss-reactive ketones (excluding diaryl/α,β-unsaturated/α-hetero) is 2. The van der Waals surface area contributed by atoms with Crippen LogP contribution in [0, 0.1) is 0 Å². The van der Waals surface area contributed by atoms with Crippen LogP contribution in [0.5, 0.6) is 0 Å². The lowest BCUT2D eigenvalue weighted by atomic mass is 10.4. The molecule has 0 fully saturated rings. The number of likely N-dealkylation sites (N-methyl/N-ethyl adjacent to an activating group) is 2. The van der Waals surface area contributed by atoms with Crippen LogP contribution in [0.2, 0.25) is 0 Å². The van der Waals surface area contributed by atoms with Crippen LogP contribution in [0.15, 0.2) is 0 Å². The van der Waals surface area contributed by atoms with Gasteiger partial charge in [-0.2, -0.15) is 9.58 Å². The SMILES string of the molecule is CCN(OCCON(CC)C(=O)C(=O)C=[N+]=[N-])C(=O)C(=O)C=[N+]=[N-]. The molecule has 0 rings (SSSR count). The second kappa shape index (κ2) is 11.5. The Bertz CT molecular complexity index is 541. The zero-order valence-corrected chi connectivity index (χ0v) is 13.1. The number of hydrogen-bond donors (Lipinski definition) is 0. The van der Waals surface area contributed by atoms with E-state index in [9.17, 15) is 19.2 Å². The molecule has 0 aliphatic rings. The average Bonchev–Trinajstić information content (AvgIpc) is 2.57. The van der Waals surface area contributed by atoms with Crippen LogP contribution >= 0.6 is 0 Å². The van der Waals surface area contributed by atoms with E-state index < -0.39 is 23.4 Å². The topological polar surface area (TPSA) is 166 Å². The summed E-state index contributed by atoms with van der Waals surface area (Å²) in [5.41, 5.74) is 16.4. The van der Waals surface area contributed by atoms with Gasteiger partial charge in [-0.3, -0.25) is 28.9 Å². The summed E-state index contributed by atoms with van der Waals surface area (Å²) < 4.78 is 0. The lowest BCUT2D eigenvalue weighted by molar-refractivity contribution is -0.213. The van der Waals surface area contributed by atoms with E-state index in [2.05, 4.69) is 9.58 Å². The first kappa shape index (κ1) is 21.0. The molecule has 0 spiro atoms. The van der Waals surface area contributed by atoms with Crippen LogP contribution < -0.4 is 0 Å². The van der Waals surface area contributed by atoms with E-state index >= 15 is 0 Å². The first-order valence-corrected chi connectivity index (χ1v) is 6.75. The Balaban J connectivity index is 4.47. The van der Waals surface area contributed by atoms with Crippen LogP contribution in [-0.4, -0.2) is 81.8 Å². The lowest BCUT2D eigenvalue weighted by Gasteiger charge is -2.20. The monoisotopic (exact) mass is 340 g/mol. The second-order valence-corrected chi connectivity index (χ2v) is 3.88. The number of carbonyl (C=O) groups excluding carboxylic acids is 4. The van der Waals surface area contributed by atoms with Gasteiger partial charge in [-0.05, 0) is 13.8 Å². The van der Waals surface area contributed by atoms with Gasteiger partial charge >= 0.3 is 35.8 Å². The molecule has 0 aromatic heterocycles. The molecule has 0 bridgehead atoms. The maximum absolute atomic E-state index is 11.6. The normalized spacial score (nSPS) is 9.25. The van der Waals surface area contributed by atoms with Crippen molar-refractivity contribution in [2.24, 2.45) is 0 Å². The lowest BCUT2D eigenvalue weighted by Crippen LogP contribution is -2.40. The van der Waals surface area contributed by atoms with Crippen LogP contribution in [0.4, 0.5) is 0 Å². The van der Waals surface area contributed by atoms with Crippen molar-refractivity contribution in [3.05, 3.63) is 11.1 Å². The molecule has 24 heavy (non-hydrogen) atoms. The summed E-state index contributed by atoms with van der Waals surface area (Å²) in [5, 5.41) is 1.43. The first-order chi connectivity index (χ1) is 11.4. The predicted octanol–water partition coefficient (Wildman–Crippen LogP) is -1.71. The summed E-state index contributed by atoms with van der Waals surface area (Å²) in [4.78, 5) is 60.5. The van der Waals surface area contributed by atoms with Gasteiger partial charge in [-0.25, -0.2) is 10.1 Å². The van der Waals surface area contributed by atoms with Gasteiger partial charge in [0, 0.05) is 13.1 Å². The molecular weight excluding hydrogens is 324 g/mol. The molecule has 130 valence electrons. The van der Waals surface area contributed by atoms with Gasteiger partial charge in [0.05, 0.1) is 0 Å². The molecule has 12 heteroatoms. The first-order valence-electron chi connectivity index (χ1n) is 6.75. The molecule has 2 amide bonds. The van der Waals surface area contributed by atoms with E-state index in [1.54, 1.807) is 0 Å². The summed E-state index contributed by atoms with van der Waals surface area (Å²) in [6.45, 7) is 2.72. The Morgan fingerprint density at radius 1 is 0.833 bits per heavy atom. The Kier molecular flexibility index (Phi) is 10.1. The number of ketones is 2. The third-order valence-corrected chi connectivity index (χ3v) is 2.38. The zero-order chi connectivity index (χ0) is 18.5.